The molecule has 2 aromatic rings. The van der Waals surface area contributed by atoms with E-state index < -0.39 is 0 Å². The summed E-state index contributed by atoms with van der Waals surface area (Å²) in [6, 6.07) is 9.59. The summed E-state index contributed by atoms with van der Waals surface area (Å²) < 4.78 is 1.80. The lowest BCUT2D eigenvalue weighted by molar-refractivity contribution is 0.0962. The van der Waals surface area contributed by atoms with E-state index in [-0.39, 0.29) is 5.91 Å². The van der Waals surface area contributed by atoms with Crippen LogP contribution in [0.1, 0.15) is 27.2 Å². The van der Waals surface area contributed by atoms with Crippen LogP contribution in [0.25, 0.3) is 0 Å². The Balaban J connectivity index is 2.17. The number of nitrogens with one attached hydrogen (secondary N) is 2. The predicted octanol–water partition coefficient (Wildman–Crippen LogP) is 2.18. The molecule has 0 aliphatic heterocycles. The first-order valence-electron chi connectivity index (χ1n) is 6.67. The molecular weight excluding hydrogens is 264 g/mol. The summed E-state index contributed by atoms with van der Waals surface area (Å²) in [6.45, 7) is 2.52. The van der Waals surface area contributed by atoms with Crippen molar-refractivity contribution in [3.8, 4) is 6.07 Å². The lowest BCUT2D eigenvalue weighted by Crippen LogP contribution is -2.19. The number of hydrogen-bond donors (Lipinski definition) is 2. The van der Waals surface area contributed by atoms with Crippen LogP contribution in [0.4, 0.5) is 5.69 Å². The fourth-order valence-corrected chi connectivity index (χ4v) is 2.25. The third-order valence-electron chi connectivity index (χ3n) is 3.46. The summed E-state index contributed by atoms with van der Waals surface area (Å²) in [4.78, 5) is 11.8. The number of rotatable bonds is 4. The third kappa shape index (κ3) is 3.06. The van der Waals surface area contributed by atoms with E-state index in [0.717, 1.165) is 16.8 Å². The number of anilines is 1. The molecule has 2 rings (SSSR count). The summed E-state index contributed by atoms with van der Waals surface area (Å²) in [5.41, 5.74) is 4.14. The van der Waals surface area contributed by atoms with E-state index in [9.17, 15) is 4.79 Å². The van der Waals surface area contributed by atoms with E-state index in [2.05, 4.69) is 16.7 Å². The Labute approximate surface area is 124 Å². The molecule has 21 heavy (non-hydrogen) atoms. The molecule has 1 heterocycles. The summed E-state index contributed by atoms with van der Waals surface area (Å²) in [7, 11) is 3.47. The topological polar surface area (TPSA) is 69.8 Å². The normalized spacial score (nSPS) is 10.0. The van der Waals surface area contributed by atoms with Crippen LogP contribution < -0.4 is 10.6 Å². The van der Waals surface area contributed by atoms with Crippen molar-refractivity contribution < 1.29 is 4.79 Å². The minimum Gasteiger partial charge on any atom is -0.381 e. The molecular formula is C16H18N4O. The van der Waals surface area contributed by atoms with Gasteiger partial charge in [-0.2, -0.15) is 5.26 Å². The van der Waals surface area contributed by atoms with Crippen LogP contribution in [0.2, 0.25) is 0 Å². The van der Waals surface area contributed by atoms with E-state index in [1.807, 2.05) is 38.4 Å². The number of nitriles is 1. The second kappa shape index (κ2) is 6.14. The van der Waals surface area contributed by atoms with Crippen molar-refractivity contribution >= 4 is 11.6 Å². The Morgan fingerprint density at radius 1 is 1.43 bits per heavy atom. The minimum absolute atomic E-state index is 0.0948. The molecule has 0 radical (unpaired) electrons. The van der Waals surface area contributed by atoms with Crippen LogP contribution in [-0.4, -0.2) is 17.5 Å². The SMILES string of the molecule is CNC(=O)c1cccc(NCc2cc(C#N)n(C)c2)c1C. The Kier molecular flexibility index (Phi) is 4.29. The minimum atomic E-state index is -0.0948. The molecule has 2 N–H and O–H groups in total. The van der Waals surface area contributed by atoms with E-state index >= 15 is 0 Å². The highest BCUT2D eigenvalue weighted by Gasteiger charge is 2.10. The lowest BCUT2D eigenvalue weighted by Gasteiger charge is -2.12. The summed E-state index contributed by atoms with van der Waals surface area (Å²) in [6.07, 6.45) is 1.92. The lowest BCUT2D eigenvalue weighted by atomic mass is 10.1. The number of nitrogens with zero attached hydrogens (tertiary/aromatic N) is 2. The third-order valence-corrected chi connectivity index (χ3v) is 3.46. The quantitative estimate of drug-likeness (QED) is 0.903. The van der Waals surface area contributed by atoms with Gasteiger partial charge in [-0.3, -0.25) is 4.79 Å². The van der Waals surface area contributed by atoms with Gasteiger partial charge in [0, 0.05) is 38.1 Å². The molecule has 0 spiro atoms. The number of hydrogen-bond acceptors (Lipinski definition) is 3. The summed E-state index contributed by atoms with van der Waals surface area (Å²) >= 11 is 0. The van der Waals surface area contributed by atoms with Crippen LogP contribution in [0.15, 0.2) is 30.5 Å². The van der Waals surface area contributed by atoms with Gasteiger partial charge < -0.3 is 15.2 Å². The van der Waals surface area contributed by atoms with Crippen LogP contribution in [0.3, 0.4) is 0 Å². The van der Waals surface area contributed by atoms with Crippen molar-refractivity contribution in [2.24, 2.45) is 7.05 Å². The maximum absolute atomic E-state index is 11.8. The van der Waals surface area contributed by atoms with Gasteiger partial charge in [0.15, 0.2) is 0 Å². The van der Waals surface area contributed by atoms with Crippen molar-refractivity contribution in [3.63, 3.8) is 0 Å². The van der Waals surface area contributed by atoms with Crippen molar-refractivity contribution in [2.45, 2.75) is 13.5 Å². The highest BCUT2D eigenvalue weighted by molar-refractivity contribution is 5.96. The fourth-order valence-electron chi connectivity index (χ4n) is 2.25. The van der Waals surface area contributed by atoms with Gasteiger partial charge >= 0.3 is 0 Å². The number of aryl methyl sites for hydroxylation is 1. The zero-order valence-corrected chi connectivity index (χ0v) is 12.4. The van der Waals surface area contributed by atoms with Gasteiger partial charge in [0.05, 0.1) is 0 Å². The average molecular weight is 282 g/mol. The molecule has 0 aliphatic carbocycles. The molecule has 0 aliphatic rings. The Bertz CT molecular complexity index is 710. The highest BCUT2D eigenvalue weighted by atomic mass is 16.1. The van der Waals surface area contributed by atoms with Gasteiger partial charge in [0.2, 0.25) is 0 Å². The molecule has 108 valence electrons. The molecule has 0 saturated carbocycles. The molecule has 0 saturated heterocycles. The largest absolute Gasteiger partial charge is 0.381 e. The zero-order chi connectivity index (χ0) is 15.4. The van der Waals surface area contributed by atoms with E-state index in [0.29, 0.717) is 17.8 Å². The predicted molar refractivity (Wildman–Crippen MR) is 82.0 cm³/mol. The molecule has 1 amide bonds. The van der Waals surface area contributed by atoms with Gasteiger partial charge in [-0.15, -0.1) is 0 Å². The molecule has 0 unspecified atom stereocenters. The molecule has 1 aromatic heterocycles. The van der Waals surface area contributed by atoms with Crippen molar-refractivity contribution in [1.29, 1.82) is 5.26 Å². The highest BCUT2D eigenvalue weighted by Crippen LogP contribution is 2.20. The van der Waals surface area contributed by atoms with Gasteiger partial charge in [-0.05, 0) is 36.2 Å². The number of carbonyl (C=O) groups is 1. The van der Waals surface area contributed by atoms with Crippen molar-refractivity contribution in [2.75, 3.05) is 12.4 Å². The van der Waals surface area contributed by atoms with Crippen LogP contribution in [-0.2, 0) is 13.6 Å². The second-order valence-electron chi connectivity index (χ2n) is 4.87. The molecule has 1 aromatic carbocycles. The van der Waals surface area contributed by atoms with Gasteiger partial charge in [-0.25, -0.2) is 0 Å². The maximum Gasteiger partial charge on any atom is 0.251 e. The monoisotopic (exact) mass is 282 g/mol. The molecule has 0 fully saturated rings. The smallest absolute Gasteiger partial charge is 0.251 e. The number of amides is 1. The molecule has 5 nitrogen and oxygen atoms in total. The Morgan fingerprint density at radius 3 is 2.81 bits per heavy atom. The molecule has 0 atom stereocenters. The van der Waals surface area contributed by atoms with Crippen LogP contribution in [0, 0.1) is 18.3 Å². The molecule has 5 heteroatoms. The first-order chi connectivity index (χ1) is 10.1. The van der Waals surface area contributed by atoms with E-state index in [1.54, 1.807) is 17.7 Å². The van der Waals surface area contributed by atoms with Gasteiger partial charge in [-0.1, -0.05) is 6.07 Å². The summed E-state index contributed by atoms with van der Waals surface area (Å²) in [5, 5.41) is 14.9. The number of aromatic nitrogens is 1. The number of benzene rings is 1. The Hall–Kier alpha value is -2.74. The summed E-state index contributed by atoms with van der Waals surface area (Å²) in [5.74, 6) is -0.0948. The van der Waals surface area contributed by atoms with Crippen molar-refractivity contribution in [3.05, 3.63) is 52.8 Å². The van der Waals surface area contributed by atoms with E-state index in [4.69, 9.17) is 5.26 Å². The van der Waals surface area contributed by atoms with Crippen LogP contribution in [0.5, 0.6) is 0 Å². The first-order valence-corrected chi connectivity index (χ1v) is 6.67. The Morgan fingerprint density at radius 2 is 2.19 bits per heavy atom. The average Bonchev–Trinajstić information content (AvgIpc) is 2.85. The fraction of sp³-hybridized carbons (Fsp3) is 0.250. The zero-order valence-electron chi connectivity index (χ0n) is 12.4. The maximum atomic E-state index is 11.8. The van der Waals surface area contributed by atoms with Crippen LogP contribution >= 0.6 is 0 Å². The number of carbonyl (C=O) groups excluding carboxylic acids is 1. The standard InChI is InChI=1S/C16H18N4O/c1-11-14(16(21)18-2)5-4-6-15(11)19-9-12-7-13(8-17)20(3)10-12/h4-7,10,19H,9H2,1-3H3,(H,18,21). The molecule has 0 bridgehead atoms. The van der Waals surface area contributed by atoms with Crippen molar-refractivity contribution in [1.82, 2.24) is 9.88 Å². The second-order valence-corrected chi connectivity index (χ2v) is 4.87. The van der Waals surface area contributed by atoms with Gasteiger partial charge in [0.25, 0.3) is 5.91 Å². The van der Waals surface area contributed by atoms with Gasteiger partial charge in [0.1, 0.15) is 11.8 Å². The van der Waals surface area contributed by atoms with E-state index in [1.165, 1.54) is 0 Å². The first kappa shape index (κ1) is 14.7.